The van der Waals surface area contributed by atoms with Crippen molar-refractivity contribution in [1.82, 2.24) is 14.8 Å². The van der Waals surface area contributed by atoms with Crippen LogP contribution in [-0.4, -0.2) is 43.2 Å². The lowest BCUT2D eigenvalue weighted by Crippen LogP contribution is -2.58. The molecule has 2 atom stereocenters. The molecular weight excluding hydrogens is 344 g/mol. The van der Waals surface area contributed by atoms with E-state index in [1.54, 1.807) is 0 Å². The van der Waals surface area contributed by atoms with Crippen LogP contribution in [0.5, 0.6) is 0 Å². The summed E-state index contributed by atoms with van der Waals surface area (Å²) in [5.74, 6) is -6.43. The normalized spacial score (nSPS) is 16.7. The number of aliphatic hydroxyl groups is 2. The minimum atomic E-state index is -6.11. The van der Waals surface area contributed by atoms with E-state index in [-0.39, 0.29) is 0 Å². The van der Waals surface area contributed by atoms with Crippen LogP contribution < -0.4 is 0 Å². The second-order valence-electron chi connectivity index (χ2n) is 5.05. The van der Waals surface area contributed by atoms with E-state index in [1.807, 2.05) is 0 Å². The van der Waals surface area contributed by atoms with E-state index in [1.165, 1.54) is 0 Å². The summed E-state index contributed by atoms with van der Waals surface area (Å²) in [5.41, 5.74) is -3.66. The van der Waals surface area contributed by atoms with E-state index in [2.05, 4.69) is 10.1 Å². The molecule has 0 radical (unpaired) electrons. The molecule has 0 saturated heterocycles. The maximum absolute atomic E-state index is 13.6. The Labute approximate surface area is 131 Å². The van der Waals surface area contributed by atoms with Crippen LogP contribution in [0, 0.1) is 5.82 Å². The van der Waals surface area contributed by atoms with Gasteiger partial charge in [-0.2, -0.15) is 27.1 Å². The van der Waals surface area contributed by atoms with Crippen molar-refractivity contribution in [3.8, 4) is 0 Å². The third kappa shape index (κ3) is 3.22. The Hall–Kier alpha value is -2.14. The lowest BCUT2D eigenvalue weighted by atomic mass is 9.84. The Balaban J connectivity index is 2.52. The van der Waals surface area contributed by atoms with Gasteiger partial charge in [-0.05, 0) is 17.7 Å². The zero-order valence-electron chi connectivity index (χ0n) is 11.8. The van der Waals surface area contributed by atoms with Gasteiger partial charge < -0.3 is 10.2 Å². The molecule has 11 heteroatoms. The second kappa shape index (κ2) is 6.06. The Morgan fingerprint density at radius 1 is 1.08 bits per heavy atom. The van der Waals surface area contributed by atoms with Crippen LogP contribution >= 0.6 is 0 Å². The van der Waals surface area contributed by atoms with Gasteiger partial charge in [-0.25, -0.2) is 14.1 Å². The van der Waals surface area contributed by atoms with Gasteiger partial charge in [-0.1, -0.05) is 12.1 Å². The molecule has 2 aromatic rings. The average molecular weight is 355 g/mol. The monoisotopic (exact) mass is 355 g/mol. The molecule has 1 aromatic carbocycles. The smallest absolute Gasteiger partial charge is 0.383 e. The molecule has 0 aliphatic carbocycles. The minimum Gasteiger partial charge on any atom is -0.383 e. The van der Waals surface area contributed by atoms with Gasteiger partial charge in [0.1, 0.15) is 24.1 Å². The first-order valence-electron chi connectivity index (χ1n) is 6.42. The summed E-state index contributed by atoms with van der Waals surface area (Å²) in [6.07, 6.45) is -7.77. The number of alkyl halides is 5. The van der Waals surface area contributed by atoms with Crippen LogP contribution in [-0.2, 0) is 12.1 Å². The number of benzene rings is 1. The summed E-state index contributed by atoms with van der Waals surface area (Å²) < 4.78 is 78.5. The first-order valence-corrected chi connectivity index (χ1v) is 6.42. The molecule has 0 aliphatic heterocycles. The molecule has 1 aromatic heterocycles. The fraction of sp³-hybridized carbons (Fsp3) is 0.385. The van der Waals surface area contributed by atoms with Crippen molar-refractivity contribution in [3.05, 3.63) is 48.3 Å². The zero-order valence-corrected chi connectivity index (χ0v) is 11.8. The number of nitrogens with zero attached hydrogens (tertiary/aromatic N) is 3. The van der Waals surface area contributed by atoms with Crippen LogP contribution in [0.25, 0.3) is 0 Å². The third-order valence-electron chi connectivity index (χ3n) is 3.39. The third-order valence-corrected chi connectivity index (χ3v) is 3.39. The Kier molecular flexibility index (Phi) is 4.59. The molecule has 2 N–H and O–H groups in total. The highest BCUT2D eigenvalue weighted by Gasteiger charge is 2.67. The molecular formula is C13H11F6N3O2. The van der Waals surface area contributed by atoms with Gasteiger partial charge in [0, 0.05) is 0 Å². The first kappa shape index (κ1) is 18.2. The minimum absolute atomic E-state index is 0.546. The largest absolute Gasteiger partial charge is 0.456 e. The van der Waals surface area contributed by atoms with E-state index in [0.717, 1.165) is 41.6 Å². The number of hydrogen-bond acceptors (Lipinski definition) is 4. The molecule has 0 amide bonds. The van der Waals surface area contributed by atoms with Crippen molar-refractivity contribution in [2.75, 3.05) is 0 Å². The quantitative estimate of drug-likeness (QED) is 0.804. The summed E-state index contributed by atoms with van der Waals surface area (Å²) in [4.78, 5) is 3.47. The highest BCUT2D eigenvalue weighted by atomic mass is 19.4. The predicted octanol–water partition coefficient (Wildman–Crippen LogP) is 1.86. The van der Waals surface area contributed by atoms with Crippen molar-refractivity contribution >= 4 is 0 Å². The molecule has 1 heterocycles. The zero-order chi connectivity index (χ0) is 18.2. The van der Waals surface area contributed by atoms with Crippen LogP contribution in [0.3, 0.4) is 0 Å². The topological polar surface area (TPSA) is 71.2 Å². The van der Waals surface area contributed by atoms with Crippen molar-refractivity contribution in [3.63, 3.8) is 0 Å². The van der Waals surface area contributed by atoms with Crippen molar-refractivity contribution in [2.45, 2.75) is 30.3 Å². The average Bonchev–Trinajstić information content (AvgIpc) is 2.98. The molecule has 132 valence electrons. The van der Waals surface area contributed by atoms with Gasteiger partial charge >= 0.3 is 12.1 Å². The van der Waals surface area contributed by atoms with E-state index in [0.29, 0.717) is 0 Å². The maximum atomic E-state index is 13.6. The second-order valence-corrected chi connectivity index (χ2v) is 5.05. The number of aromatic nitrogens is 3. The molecule has 2 rings (SSSR count). The van der Waals surface area contributed by atoms with Gasteiger partial charge in [0.2, 0.25) is 0 Å². The molecule has 24 heavy (non-hydrogen) atoms. The van der Waals surface area contributed by atoms with Gasteiger partial charge in [-0.15, -0.1) is 0 Å². The van der Waals surface area contributed by atoms with Crippen molar-refractivity contribution < 1.29 is 36.6 Å². The fourth-order valence-electron chi connectivity index (χ4n) is 2.09. The van der Waals surface area contributed by atoms with Crippen LogP contribution in [0.2, 0.25) is 0 Å². The Morgan fingerprint density at radius 3 is 2.12 bits per heavy atom. The lowest BCUT2D eigenvalue weighted by molar-refractivity contribution is -0.338. The Bertz CT molecular complexity index is 674. The molecule has 0 spiro atoms. The predicted molar refractivity (Wildman–Crippen MR) is 67.3 cm³/mol. The van der Waals surface area contributed by atoms with Gasteiger partial charge in [0.15, 0.2) is 6.10 Å². The lowest BCUT2D eigenvalue weighted by Gasteiger charge is -2.37. The SMILES string of the molecule is OC(C(O)(Cn1cncn1)c1ccc(F)cc1)C(F)(F)C(F)(F)F. The summed E-state index contributed by atoms with van der Waals surface area (Å²) in [5, 5.41) is 23.7. The standard InChI is InChI=1S/C13H11F6N3O2/c14-9-3-1-8(2-4-9)11(24,5-22-7-20-6-21-22)10(23)12(15,16)13(17,18)19/h1-4,6-7,10,23-24H,5H2. The van der Waals surface area contributed by atoms with Crippen LogP contribution in [0.15, 0.2) is 36.9 Å². The Morgan fingerprint density at radius 2 is 1.67 bits per heavy atom. The summed E-state index contributed by atoms with van der Waals surface area (Å²) in [6.45, 7) is -0.967. The number of hydrogen-bond donors (Lipinski definition) is 2. The molecule has 2 unspecified atom stereocenters. The molecule has 5 nitrogen and oxygen atoms in total. The van der Waals surface area contributed by atoms with Crippen molar-refractivity contribution in [2.24, 2.45) is 0 Å². The maximum Gasteiger partial charge on any atom is 0.456 e. The van der Waals surface area contributed by atoms with Gasteiger partial charge in [0.05, 0.1) is 6.54 Å². The number of rotatable bonds is 5. The summed E-state index contributed by atoms with van der Waals surface area (Å²) >= 11 is 0. The number of halogens is 6. The van der Waals surface area contributed by atoms with Gasteiger partial charge in [0.25, 0.3) is 0 Å². The van der Waals surface area contributed by atoms with Crippen LogP contribution in [0.1, 0.15) is 5.56 Å². The molecule has 0 bridgehead atoms. The molecule has 0 aliphatic rings. The summed E-state index contributed by atoms with van der Waals surface area (Å²) in [6, 6.07) is 3.09. The van der Waals surface area contributed by atoms with E-state index in [9.17, 15) is 36.6 Å². The van der Waals surface area contributed by atoms with E-state index >= 15 is 0 Å². The van der Waals surface area contributed by atoms with Crippen molar-refractivity contribution in [1.29, 1.82) is 0 Å². The first-order chi connectivity index (χ1) is 11.0. The van der Waals surface area contributed by atoms with E-state index < -0.39 is 41.7 Å². The highest BCUT2D eigenvalue weighted by Crippen LogP contribution is 2.44. The summed E-state index contributed by atoms with van der Waals surface area (Å²) in [7, 11) is 0. The molecule has 0 fully saturated rings. The molecule has 0 saturated carbocycles. The van der Waals surface area contributed by atoms with Crippen LogP contribution in [0.4, 0.5) is 26.3 Å². The van der Waals surface area contributed by atoms with E-state index in [4.69, 9.17) is 0 Å². The fourth-order valence-corrected chi connectivity index (χ4v) is 2.09. The van der Waals surface area contributed by atoms with Gasteiger partial charge in [-0.3, -0.25) is 0 Å². The highest BCUT2D eigenvalue weighted by molar-refractivity contribution is 5.26. The number of aliphatic hydroxyl groups excluding tert-OH is 1.